The number of ether oxygens (including phenoxy) is 12. The summed E-state index contributed by atoms with van der Waals surface area (Å²) in [5, 5.41) is 6.12. The molecule has 3 saturated heterocycles. The van der Waals surface area contributed by atoms with Gasteiger partial charge in [0, 0.05) is 18.4 Å². The molecule has 2 unspecified atom stereocenters. The minimum Gasteiger partial charge on any atom is -0.462 e. The van der Waals surface area contributed by atoms with Crippen molar-refractivity contribution < 1.29 is 80.8 Å². The van der Waals surface area contributed by atoms with Gasteiger partial charge in [0.05, 0.1) is 45.9 Å². The summed E-state index contributed by atoms with van der Waals surface area (Å²) in [4.78, 5) is 72.4. The Hall–Kier alpha value is -4.90. The van der Waals surface area contributed by atoms with Crippen molar-refractivity contribution in [3.8, 4) is 0 Å². The van der Waals surface area contributed by atoms with Gasteiger partial charge in [-0.05, 0) is 49.7 Å². The van der Waals surface area contributed by atoms with Crippen LogP contribution in [0.2, 0.25) is 0 Å². The van der Waals surface area contributed by atoms with Gasteiger partial charge in [0.2, 0.25) is 9.70 Å². The number of esters is 3. The highest BCUT2D eigenvalue weighted by atomic mass is 35.6. The second-order valence-electron chi connectivity index (χ2n) is 32.6. The molecule has 0 aromatic heterocycles. The van der Waals surface area contributed by atoms with E-state index in [1.165, 1.54) is 148 Å². The Morgan fingerprint density at radius 1 is 0.462 bits per heavy atom. The Morgan fingerprint density at radius 2 is 0.880 bits per heavy atom. The lowest BCUT2D eigenvalue weighted by molar-refractivity contribution is -0.352. The number of hydrogen-bond acceptors (Lipinski definition) is 17. The predicted molar refractivity (Wildman–Crippen MR) is 465 cm³/mol. The number of benzene rings is 3. The van der Waals surface area contributed by atoms with Gasteiger partial charge in [0.25, 0.3) is 0 Å². The monoisotopic (exact) mass is 1690 g/mol. The second kappa shape index (κ2) is 63.1. The summed E-state index contributed by atoms with van der Waals surface area (Å²) in [6.07, 6.45) is 34.3. The van der Waals surface area contributed by atoms with Crippen LogP contribution in [0.1, 0.15) is 346 Å². The van der Waals surface area contributed by atoms with Crippen molar-refractivity contribution in [2.75, 3.05) is 26.4 Å². The Balaban J connectivity index is 1.31. The van der Waals surface area contributed by atoms with E-state index in [1.807, 2.05) is 91.0 Å². The standard InChI is InChI=1S/C95H149Cl3N2O17/c1-6-11-15-19-23-27-29-33-37-41-54-64-82(102)112-77(62-52-39-35-31-25-21-17-13-8-3)67-81(101)99-85-89(106-66-10-5)87(107-69-74-56-46-43-47-57-74)79(114-92(85)108-70-75-58-48-44-49-59-75)71-110-93-86(100-94(105)111-73-95(96,97)98)90(88-80(115-93)72-109-91(117-88)76-60-50-45-51-61-76)116-84(104)68-78(63-53-40-36-32-26-22-18-14-9-4)113-83(103)65-55-42-38-34-30-28-24-20-16-12-7-2/h10,43-51,56-61,77-80,85-93H,5-9,11-42,52-55,62-73H2,1-4H3,(H,99,101)(H,100,105)/t77?,78?,79-,80-,85-,86-,87-,88-,89-,90-,91-,92-,93-/m1/s1. The Kier molecular flexibility index (Phi) is 54.4. The third-order valence-electron chi connectivity index (χ3n) is 22.3. The largest absolute Gasteiger partial charge is 0.462 e. The first-order valence-corrected chi connectivity index (χ1v) is 46.9. The molecule has 3 aromatic rings. The molecule has 117 heavy (non-hydrogen) atoms. The van der Waals surface area contributed by atoms with E-state index in [1.54, 1.807) is 6.08 Å². The molecule has 3 fully saturated rings. The highest BCUT2D eigenvalue weighted by Gasteiger charge is 2.55. The van der Waals surface area contributed by atoms with E-state index in [2.05, 4.69) is 44.9 Å². The molecular formula is C95H149Cl3N2O17. The number of amides is 2. The molecule has 6 rings (SSSR count). The Morgan fingerprint density at radius 3 is 1.34 bits per heavy atom. The van der Waals surface area contributed by atoms with E-state index < -0.39 is 108 Å². The fraction of sp³-hybridized carbons (Fsp3) is 0.737. The maximum absolute atomic E-state index is 15.1. The number of alkyl carbamates (subject to hydrolysis) is 1. The number of rotatable bonds is 67. The first kappa shape index (κ1) is 101. The molecule has 22 heteroatoms. The lowest BCUT2D eigenvalue weighted by Crippen LogP contribution is -2.69. The van der Waals surface area contributed by atoms with Gasteiger partial charge in [-0.15, -0.1) is 6.58 Å². The fourth-order valence-corrected chi connectivity index (χ4v) is 15.9. The summed E-state index contributed by atoms with van der Waals surface area (Å²) in [5.41, 5.74) is 2.31. The van der Waals surface area contributed by atoms with Crippen LogP contribution in [0.5, 0.6) is 0 Å². The van der Waals surface area contributed by atoms with Gasteiger partial charge in [-0.25, -0.2) is 4.79 Å². The molecule has 0 spiro atoms. The molecular weight excluding hydrogens is 1550 g/mol. The summed E-state index contributed by atoms with van der Waals surface area (Å²) < 4.78 is 77.5. The second-order valence-corrected chi connectivity index (χ2v) is 35.1. The lowest BCUT2D eigenvalue weighted by Gasteiger charge is -2.49. The first-order valence-electron chi connectivity index (χ1n) is 45.8. The van der Waals surface area contributed by atoms with Crippen molar-refractivity contribution in [2.45, 2.75) is 420 Å². The molecule has 13 atom stereocenters. The van der Waals surface area contributed by atoms with Crippen LogP contribution in [-0.4, -0.2) is 134 Å². The quantitative estimate of drug-likeness (QED) is 0.0176. The average Bonchev–Trinajstić information content (AvgIpc) is 0.769. The van der Waals surface area contributed by atoms with Gasteiger partial charge in [-0.3, -0.25) is 19.2 Å². The summed E-state index contributed by atoms with van der Waals surface area (Å²) in [7, 11) is 0. The van der Waals surface area contributed by atoms with Crippen molar-refractivity contribution in [1.29, 1.82) is 0 Å². The summed E-state index contributed by atoms with van der Waals surface area (Å²) >= 11 is 18.6. The first-order chi connectivity index (χ1) is 57.1. The Bertz CT molecular complexity index is 3050. The number of carbonyl (C=O) groups is 5. The lowest BCUT2D eigenvalue weighted by atomic mass is 9.94. The van der Waals surface area contributed by atoms with Crippen LogP contribution in [0, 0.1) is 0 Å². The van der Waals surface area contributed by atoms with Crippen LogP contribution in [-0.2, 0) is 89.2 Å². The average molecular weight is 1700 g/mol. The van der Waals surface area contributed by atoms with Crippen LogP contribution >= 0.6 is 34.8 Å². The smallest absolute Gasteiger partial charge is 0.407 e. The molecule has 3 heterocycles. The fourth-order valence-electron chi connectivity index (χ4n) is 15.7. The normalized spacial score (nSPS) is 21.2. The molecule has 662 valence electrons. The molecule has 2 N–H and O–H groups in total. The van der Waals surface area contributed by atoms with Crippen molar-refractivity contribution in [3.63, 3.8) is 0 Å². The molecule has 3 aliphatic rings. The summed E-state index contributed by atoms with van der Waals surface area (Å²) in [5.74, 6) is -1.84. The van der Waals surface area contributed by atoms with Crippen LogP contribution in [0.4, 0.5) is 4.79 Å². The molecule has 0 radical (unpaired) electrons. The van der Waals surface area contributed by atoms with Crippen molar-refractivity contribution in [2.24, 2.45) is 0 Å². The van der Waals surface area contributed by atoms with E-state index in [4.69, 9.17) is 91.6 Å². The number of carbonyl (C=O) groups excluding carboxylic acids is 5. The number of nitrogens with one attached hydrogen (secondary N) is 2. The van der Waals surface area contributed by atoms with Gasteiger partial charge in [-0.1, -0.05) is 391 Å². The highest BCUT2D eigenvalue weighted by Crippen LogP contribution is 2.38. The highest BCUT2D eigenvalue weighted by molar-refractivity contribution is 6.67. The molecule has 0 aliphatic carbocycles. The molecule has 3 aromatic carbocycles. The van der Waals surface area contributed by atoms with Crippen LogP contribution in [0.25, 0.3) is 0 Å². The molecule has 3 aliphatic heterocycles. The van der Waals surface area contributed by atoms with Crippen molar-refractivity contribution >= 4 is 64.7 Å². The van der Waals surface area contributed by atoms with Crippen LogP contribution in [0.15, 0.2) is 104 Å². The molecule has 2 amide bonds. The SMILES string of the molecule is C=CCO[C@@H]1[C@@H](NC(=O)CC(CCCCCCCCCCC)OC(=O)CCCCCCCCCCCCC)[C@H](OCc2ccccc2)O[C@H](CO[C@@H]2O[C@@H]3CO[C@@H](c4ccccc4)O[C@H]3[C@H](OC(=O)CC(CCCCCCCCCCC)OC(=O)CCCCCCCCCCCCC)[C@H]2NC(=O)OCC(Cl)(Cl)Cl)[C@H]1OCc1ccccc1. The summed E-state index contributed by atoms with van der Waals surface area (Å²) in [6, 6.07) is 25.9. The number of halogens is 3. The Labute approximate surface area is 718 Å². The number of hydrogen-bond donors (Lipinski definition) is 2. The number of unbranched alkanes of at least 4 members (excludes halogenated alkanes) is 36. The maximum atomic E-state index is 15.1. The molecule has 0 bridgehead atoms. The van der Waals surface area contributed by atoms with Gasteiger partial charge < -0.3 is 67.5 Å². The third-order valence-corrected chi connectivity index (χ3v) is 22.6. The van der Waals surface area contributed by atoms with Gasteiger partial charge in [0.15, 0.2) is 25.0 Å². The maximum Gasteiger partial charge on any atom is 0.407 e. The van der Waals surface area contributed by atoms with E-state index in [0.717, 1.165) is 107 Å². The number of alkyl halides is 3. The zero-order chi connectivity index (χ0) is 83.6. The van der Waals surface area contributed by atoms with E-state index in [-0.39, 0.29) is 70.7 Å². The van der Waals surface area contributed by atoms with Crippen molar-refractivity contribution in [1.82, 2.24) is 10.6 Å². The van der Waals surface area contributed by atoms with Gasteiger partial charge >= 0.3 is 24.0 Å². The third kappa shape index (κ3) is 44.1. The zero-order valence-corrected chi connectivity index (χ0v) is 74.1. The van der Waals surface area contributed by atoms with Gasteiger partial charge in [-0.2, -0.15) is 0 Å². The van der Waals surface area contributed by atoms with Gasteiger partial charge in [0.1, 0.15) is 61.4 Å². The van der Waals surface area contributed by atoms with Crippen LogP contribution < -0.4 is 10.6 Å². The topological polar surface area (TPSA) is 220 Å². The number of fused-ring (bicyclic) bond motifs is 1. The minimum absolute atomic E-state index is 0.00584. The predicted octanol–water partition coefficient (Wildman–Crippen LogP) is 23.6. The zero-order valence-electron chi connectivity index (χ0n) is 71.8. The van der Waals surface area contributed by atoms with E-state index in [0.29, 0.717) is 31.2 Å². The summed E-state index contributed by atoms with van der Waals surface area (Å²) in [6.45, 7) is 11.9. The molecule has 0 saturated carbocycles. The molecule has 19 nitrogen and oxygen atoms in total. The van der Waals surface area contributed by atoms with E-state index >= 15 is 9.59 Å². The van der Waals surface area contributed by atoms with Crippen molar-refractivity contribution in [3.05, 3.63) is 120 Å². The van der Waals surface area contributed by atoms with E-state index in [9.17, 15) is 14.4 Å². The minimum atomic E-state index is -2.02. The van der Waals surface area contributed by atoms with Crippen LogP contribution in [0.3, 0.4) is 0 Å².